The maximum atomic E-state index is 13.4. The fourth-order valence-electron chi connectivity index (χ4n) is 1.71. The first-order valence-corrected chi connectivity index (χ1v) is 5.01. The van der Waals surface area contributed by atoms with E-state index in [9.17, 15) is 9.18 Å². The SMILES string of the molecule is Cc1cc(F)c(C(=O)O)cc1-c1cnn(C)c1. The van der Waals surface area contributed by atoms with Crippen molar-refractivity contribution in [3.05, 3.63) is 41.5 Å². The molecule has 0 amide bonds. The highest BCUT2D eigenvalue weighted by Crippen LogP contribution is 2.25. The van der Waals surface area contributed by atoms with Gasteiger partial charge in [-0.3, -0.25) is 4.68 Å². The van der Waals surface area contributed by atoms with Gasteiger partial charge in [0.15, 0.2) is 0 Å². The number of rotatable bonds is 2. The summed E-state index contributed by atoms with van der Waals surface area (Å²) in [6, 6.07) is 2.57. The van der Waals surface area contributed by atoms with Crippen molar-refractivity contribution in [1.82, 2.24) is 9.78 Å². The van der Waals surface area contributed by atoms with Gasteiger partial charge in [0.25, 0.3) is 0 Å². The maximum absolute atomic E-state index is 13.4. The van der Waals surface area contributed by atoms with E-state index in [0.717, 1.165) is 5.56 Å². The lowest BCUT2D eigenvalue weighted by Gasteiger charge is -2.06. The maximum Gasteiger partial charge on any atom is 0.338 e. The van der Waals surface area contributed by atoms with Crippen molar-refractivity contribution < 1.29 is 14.3 Å². The van der Waals surface area contributed by atoms with Gasteiger partial charge in [0.1, 0.15) is 5.82 Å². The first kappa shape index (κ1) is 11.3. The first-order valence-electron chi connectivity index (χ1n) is 5.01. The Bertz CT molecular complexity index is 590. The van der Waals surface area contributed by atoms with E-state index < -0.39 is 11.8 Å². The molecule has 0 bridgehead atoms. The molecule has 0 fully saturated rings. The quantitative estimate of drug-likeness (QED) is 0.866. The highest BCUT2D eigenvalue weighted by molar-refractivity contribution is 5.90. The minimum absolute atomic E-state index is 0.325. The molecular formula is C12H11FN2O2. The van der Waals surface area contributed by atoms with Crippen molar-refractivity contribution >= 4 is 5.97 Å². The standard InChI is InChI=1S/C12H11FN2O2/c1-7-3-11(13)10(12(16)17)4-9(7)8-5-14-15(2)6-8/h3-6H,1-2H3,(H,16,17). The number of carboxylic acid groups (broad SMARTS) is 1. The molecule has 4 nitrogen and oxygen atoms in total. The van der Waals surface area contributed by atoms with Crippen molar-refractivity contribution in [2.24, 2.45) is 7.05 Å². The molecule has 2 aromatic rings. The van der Waals surface area contributed by atoms with E-state index in [1.54, 1.807) is 31.0 Å². The molecule has 1 N–H and O–H groups in total. The summed E-state index contributed by atoms with van der Waals surface area (Å²) >= 11 is 0. The van der Waals surface area contributed by atoms with Gasteiger partial charge in [-0.15, -0.1) is 0 Å². The molecule has 0 saturated heterocycles. The van der Waals surface area contributed by atoms with Gasteiger partial charge < -0.3 is 5.11 Å². The van der Waals surface area contributed by atoms with Crippen LogP contribution in [0.2, 0.25) is 0 Å². The van der Waals surface area contributed by atoms with Crippen molar-refractivity contribution in [2.75, 3.05) is 0 Å². The smallest absolute Gasteiger partial charge is 0.338 e. The fraction of sp³-hybridized carbons (Fsp3) is 0.167. The highest BCUT2D eigenvalue weighted by atomic mass is 19.1. The Balaban J connectivity index is 2.62. The van der Waals surface area contributed by atoms with Gasteiger partial charge in [-0.1, -0.05) is 0 Å². The largest absolute Gasteiger partial charge is 0.478 e. The molecule has 1 heterocycles. The Labute approximate surface area is 97.3 Å². The number of halogens is 1. The monoisotopic (exact) mass is 234 g/mol. The Kier molecular flexibility index (Phi) is 2.67. The molecule has 0 unspecified atom stereocenters. The predicted octanol–water partition coefficient (Wildman–Crippen LogP) is 2.23. The minimum atomic E-state index is -1.27. The molecule has 0 saturated carbocycles. The van der Waals surface area contributed by atoms with Gasteiger partial charge in [0.05, 0.1) is 11.8 Å². The third-order valence-electron chi connectivity index (χ3n) is 2.56. The topological polar surface area (TPSA) is 55.1 Å². The van der Waals surface area contributed by atoms with E-state index >= 15 is 0 Å². The molecular weight excluding hydrogens is 223 g/mol. The van der Waals surface area contributed by atoms with E-state index in [1.165, 1.54) is 12.1 Å². The Morgan fingerprint density at radius 2 is 2.18 bits per heavy atom. The van der Waals surface area contributed by atoms with Crippen molar-refractivity contribution in [3.63, 3.8) is 0 Å². The van der Waals surface area contributed by atoms with E-state index in [0.29, 0.717) is 11.1 Å². The summed E-state index contributed by atoms with van der Waals surface area (Å²) in [5, 5.41) is 12.9. The van der Waals surface area contributed by atoms with Gasteiger partial charge >= 0.3 is 5.97 Å². The second-order valence-corrected chi connectivity index (χ2v) is 3.85. The average molecular weight is 234 g/mol. The number of aryl methyl sites for hydroxylation is 2. The van der Waals surface area contributed by atoms with Crippen LogP contribution in [0.25, 0.3) is 11.1 Å². The molecule has 0 atom stereocenters. The van der Waals surface area contributed by atoms with Crippen LogP contribution in [-0.4, -0.2) is 20.9 Å². The molecule has 0 aliphatic carbocycles. The number of nitrogens with zero attached hydrogens (tertiary/aromatic N) is 2. The highest BCUT2D eigenvalue weighted by Gasteiger charge is 2.14. The number of aromatic carboxylic acids is 1. The Morgan fingerprint density at radius 3 is 2.71 bits per heavy atom. The van der Waals surface area contributed by atoms with Crippen molar-refractivity contribution in [1.29, 1.82) is 0 Å². The summed E-state index contributed by atoms with van der Waals surface area (Å²) in [6.45, 7) is 1.73. The van der Waals surface area contributed by atoms with Crippen LogP contribution in [0.5, 0.6) is 0 Å². The summed E-state index contributed by atoms with van der Waals surface area (Å²) in [4.78, 5) is 10.9. The number of hydrogen-bond donors (Lipinski definition) is 1. The normalized spacial score (nSPS) is 10.5. The number of benzene rings is 1. The van der Waals surface area contributed by atoms with E-state index in [4.69, 9.17) is 5.11 Å². The van der Waals surface area contributed by atoms with Gasteiger partial charge in [-0.2, -0.15) is 5.10 Å². The van der Waals surface area contributed by atoms with Crippen molar-refractivity contribution in [2.45, 2.75) is 6.92 Å². The zero-order valence-electron chi connectivity index (χ0n) is 9.44. The van der Waals surface area contributed by atoms with Crippen LogP contribution in [0.4, 0.5) is 4.39 Å². The lowest BCUT2D eigenvalue weighted by Crippen LogP contribution is -2.01. The zero-order chi connectivity index (χ0) is 12.6. The van der Waals surface area contributed by atoms with E-state index in [2.05, 4.69) is 5.10 Å². The van der Waals surface area contributed by atoms with Crippen LogP contribution in [0.1, 0.15) is 15.9 Å². The molecule has 0 spiro atoms. The van der Waals surface area contributed by atoms with Gasteiger partial charge in [-0.25, -0.2) is 9.18 Å². The van der Waals surface area contributed by atoms with Gasteiger partial charge in [-0.05, 0) is 30.2 Å². The summed E-state index contributed by atoms with van der Waals surface area (Å²) < 4.78 is 15.0. The Hall–Kier alpha value is -2.17. The lowest BCUT2D eigenvalue weighted by molar-refractivity contribution is 0.0692. The predicted molar refractivity (Wildman–Crippen MR) is 60.3 cm³/mol. The summed E-state index contributed by atoms with van der Waals surface area (Å²) in [6.07, 6.45) is 3.37. The van der Waals surface area contributed by atoms with Crippen LogP contribution in [0.15, 0.2) is 24.5 Å². The molecule has 5 heteroatoms. The molecule has 88 valence electrons. The van der Waals surface area contributed by atoms with Crippen LogP contribution < -0.4 is 0 Å². The van der Waals surface area contributed by atoms with Crippen molar-refractivity contribution in [3.8, 4) is 11.1 Å². The summed E-state index contributed by atoms with van der Waals surface area (Å²) in [5.41, 5.74) is 1.80. The third-order valence-corrected chi connectivity index (χ3v) is 2.56. The molecule has 1 aromatic heterocycles. The lowest BCUT2D eigenvalue weighted by atomic mass is 10.00. The third kappa shape index (κ3) is 2.04. The zero-order valence-corrected chi connectivity index (χ0v) is 9.44. The number of carbonyl (C=O) groups is 1. The number of hydrogen-bond acceptors (Lipinski definition) is 2. The second-order valence-electron chi connectivity index (χ2n) is 3.85. The van der Waals surface area contributed by atoms with Crippen LogP contribution in [-0.2, 0) is 7.05 Å². The van der Waals surface area contributed by atoms with E-state index in [-0.39, 0.29) is 5.56 Å². The molecule has 2 rings (SSSR count). The second kappa shape index (κ2) is 4.01. The average Bonchev–Trinajstić information content (AvgIpc) is 2.64. The van der Waals surface area contributed by atoms with E-state index in [1.807, 2.05) is 0 Å². The minimum Gasteiger partial charge on any atom is -0.478 e. The van der Waals surface area contributed by atoms with Crippen LogP contribution in [0, 0.1) is 12.7 Å². The van der Waals surface area contributed by atoms with Gasteiger partial charge in [0.2, 0.25) is 0 Å². The number of aromatic nitrogens is 2. The summed E-state index contributed by atoms with van der Waals surface area (Å²) in [5.74, 6) is -1.99. The molecule has 17 heavy (non-hydrogen) atoms. The molecule has 0 aliphatic heterocycles. The fourth-order valence-corrected chi connectivity index (χ4v) is 1.71. The first-order chi connectivity index (χ1) is 7.99. The summed E-state index contributed by atoms with van der Waals surface area (Å²) in [7, 11) is 1.76. The van der Waals surface area contributed by atoms with Crippen LogP contribution >= 0.6 is 0 Å². The molecule has 0 aliphatic rings. The molecule has 1 aromatic carbocycles. The Morgan fingerprint density at radius 1 is 1.47 bits per heavy atom. The van der Waals surface area contributed by atoms with Gasteiger partial charge in [0, 0.05) is 18.8 Å². The molecule has 0 radical (unpaired) electrons. The number of carboxylic acids is 1. The van der Waals surface area contributed by atoms with Crippen LogP contribution in [0.3, 0.4) is 0 Å².